The van der Waals surface area contributed by atoms with Crippen molar-refractivity contribution in [3.63, 3.8) is 0 Å². The number of ether oxygens (including phenoxy) is 1. The van der Waals surface area contributed by atoms with Crippen molar-refractivity contribution < 1.29 is 9.15 Å². The molecule has 8 heteroatoms. The van der Waals surface area contributed by atoms with Gasteiger partial charge in [-0.25, -0.2) is 4.98 Å². The molecule has 34 heavy (non-hydrogen) atoms. The van der Waals surface area contributed by atoms with Crippen molar-refractivity contribution in [3.8, 4) is 16.5 Å². The van der Waals surface area contributed by atoms with Crippen LogP contribution in [0.3, 0.4) is 0 Å². The summed E-state index contributed by atoms with van der Waals surface area (Å²) in [7, 11) is 0. The van der Waals surface area contributed by atoms with Crippen LogP contribution in [-0.4, -0.2) is 25.6 Å². The van der Waals surface area contributed by atoms with Crippen LogP contribution in [0.1, 0.15) is 55.3 Å². The number of hydrogen-bond donors (Lipinski definition) is 1. The predicted molar refractivity (Wildman–Crippen MR) is 133 cm³/mol. The number of unbranched alkanes of at least 4 members (excludes halogenated alkanes) is 3. The normalized spacial score (nSPS) is 11.3. The van der Waals surface area contributed by atoms with Gasteiger partial charge in [-0.15, -0.1) is 21.5 Å². The minimum Gasteiger partial charge on any atom is -0.489 e. The summed E-state index contributed by atoms with van der Waals surface area (Å²) in [6.45, 7) is 2.69. The average molecular weight is 474 g/mol. The van der Waals surface area contributed by atoms with Gasteiger partial charge < -0.3 is 9.15 Å². The highest BCUT2D eigenvalue weighted by molar-refractivity contribution is 7.13. The third kappa shape index (κ3) is 5.34. The van der Waals surface area contributed by atoms with Crippen molar-refractivity contribution in [2.75, 3.05) is 0 Å². The Balaban J connectivity index is 1.26. The van der Waals surface area contributed by atoms with Crippen molar-refractivity contribution in [2.45, 2.75) is 52.1 Å². The molecule has 3 aromatic heterocycles. The number of rotatable bonds is 11. The molecule has 5 rings (SSSR count). The molecule has 7 nitrogen and oxygen atoms in total. The molecule has 0 radical (unpaired) electrons. The lowest BCUT2D eigenvalue weighted by Crippen LogP contribution is -2.02. The molecule has 0 atom stereocenters. The first-order valence-electron chi connectivity index (χ1n) is 11.7. The standard InChI is InChI=1S/C26H27N5O2S/c1-2-3-4-5-10-21-17-34-26(27-21)24-14-20-13-22(11-12-23(20)33-24)32-16-19-9-7-6-8-18(19)15-25-28-30-31-29-25/h6-9,11-14,17H,2-5,10,15-16H2,1H3,(H,28,29,30,31). The van der Waals surface area contributed by atoms with E-state index >= 15 is 0 Å². The number of thiazole rings is 1. The fraction of sp³-hybridized carbons (Fsp3) is 0.308. The highest BCUT2D eigenvalue weighted by Crippen LogP contribution is 2.32. The largest absolute Gasteiger partial charge is 0.489 e. The molecule has 0 spiro atoms. The number of hydrogen-bond acceptors (Lipinski definition) is 7. The van der Waals surface area contributed by atoms with Crippen LogP contribution in [0.5, 0.6) is 5.75 Å². The van der Waals surface area contributed by atoms with Gasteiger partial charge in [-0.2, -0.15) is 5.21 Å². The summed E-state index contributed by atoms with van der Waals surface area (Å²) >= 11 is 1.64. The number of H-pyrrole nitrogens is 1. The van der Waals surface area contributed by atoms with E-state index in [2.05, 4.69) is 45.1 Å². The minimum absolute atomic E-state index is 0.456. The van der Waals surface area contributed by atoms with Crippen LogP contribution in [0.2, 0.25) is 0 Å². The Morgan fingerprint density at radius 1 is 1.03 bits per heavy atom. The summed E-state index contributed by atoms with van der Waals surface area (Å²) < 4.78 is 12.2. The number of aromatic amines is 1. The maximum atomic E-state index is 6.12. The molecule has 0 unspecified atom stereocenters. The molecule has 1 N–H and O–H groups in total. The molecule has 3 heterocycles. The van der Waals surface area contributed by atoms with E-state index in [4.69, 9.17) is 14.1 Å². The van der Waals surface area contributed by atoms with Gasteiger partial charge in [0.2, 0.25) is 0 Å². The molecule has 0 fully saturated rings. The summed E-state index contributed by atoms with van der Waals surface area (Å²) in [5.41, 5.74) is 4.19. The topological polar surface area (TPSA) is 89.7 Å². The molecule has 0 aliphatic carbocycles. The van der Waals surface area contributed by atoms with Crippen molar-refractivity contribution in [1.82, 2.24) is 25.6 Å². The van der Waals surface area contributed by atoms with E-state index in [0.29, 0.717) is 18.9 Å². The van der Waals surface area contributed by atoms with Crippen molar-refractivity contribution in [2.24, 2.45) is 0 Å². The van der Waals surface area contributed by atoms with Gasteiger partial charge in [0, 0.05) is 17.2 Å². The Labute approximate surface area is 202 Å². The zero-order chi connectivity index (χ0) is 23.2. The number of fused-ring (bicyclic) bond motifs is 1. The summed E-state index contributed by atoms with van der Waals surface area (Å²) in [6, 6.07) is 16.1. The van der Waals surface area contributed by atoms with E-state index in [-0.39, 0.29) is 0 Å². The number of benzene rings is 2. The van der Waals surface area contributed by atoms with Crippen molar-refractivity contribution in [1.29, 1.82) is 0 Å². The van der Waals surface area contributed by atoms with Gasteiger partial charge in [-0.3, -0.25) is 0 Å². The lowest BCUT2D eigenvalue weighted by Gasteiger charge is -2.10. The zero-order valence-corrected chi connectivity index (χ0v) is 20.0. The van der Waals surface area contributed by atoms with Gasteiger partial charge in [-0.1, -0.05) is 55.7 Å². The second kappa shape index (κ2) is 10.6. The Morgan fingerprint density at radius 2 is 1.94 bits per heavy atom. The first-order chi connectivity index (χ1) is 16.8. The molecule has 0 aliphatic rings. The van der Waals surface area contributed by atoms with Gasteiger partial charge in [0.15, 0.2) is 16.6 Å². The van der Waals surface area contributed by atoms with Gasteiger partial charge in [-0.05, 0) is 48.2 Å². The van der Waals surface area contributed by atoms with Crippen LogP contribution in [0, 0.1) is 0 Å². The van der Waals surface area contributed by atoms with Gasteiger partial charge in [0.25, 0.3) is 0 Å². The fourth-order valence-electron chi connectivity index (χ4n) is 3.94. The van der Waals surface area contributed by atoms with E-state index in [1.807, 2.05) is 36.4 Å². The third-order valence-corrected chi connectivity index (χ3v) is 6.69. The molecule has 174 valence electrons. The number of tetrazole rings is 1. The highest BCUT2D eigenvalue weighted by atomic mass is 32.1. The van der Waals surface area contributed by atoms with E-state index < -0.39 is 0 Å². The monoisotopic (exact) mass is 473 g/mol. The summed E-state index contributed by atoms with van der Waals surface area (Å²) in [5, 5.41) is 18.3. The quantitative estimate of drug-likeness (QED) is 0.224. The number of furan rings is 1. The summed E-state index contributed by atoms with van der Waals surface area (Å²) in [5.74, 6) is 2.26. The Kier molecular flexibility index (Phi) is 6.95. The molecule has 0 amide bonds. The summed E-state index contributed by atoms with van der Waals surface area (Å²) in [6.07, 6.45) is 6.63. The second-order valence-corrected chi connectivity index (χ2v) is 9.19. The van der Waals surface area contributed by atoms with E-state index in [1.54, 1.807) is 11.3 Å². The van der Waals surface area contributed by atoms with E-state index in [0.717, 1.165) is 50.7 Å². The molecular formula is C26H27N5O2S. The Bertz CT molecular complexity index is 1340. The minimum atomic E-state index is 0.456. The molecule has 0 aliphatic heterocycles. The van der Waals surface area contributed by atoms with Crippen molar-refractivity contribution >= 4 is 22.3 Å². The number of nitrogens with one attached hydrogen (secondary N) is 1. The van der Waals surface area contributed by atoms with Crippen LogP contribution < -0.4 is 4.74 Å². The molecule has 0 saturated heterocycles. The second-order valence-electron chi connectivity index (χ2n) is 8.33. The zero-order valence-electron chi connectivity index (χ0n) is 19.2. The number of aryl methyl sites for hydroxylation is 1. The highest BCUT2D eigenvalue weighted by Gasteiger charge is 2.12. The van der Waals surface area contributed by atoms with E-state index in [1.165, 1.54) is 25.7 Å². The smallest absolute Gasteiger partial charge is 0.178 e. The number of aromatic nitrogens is 5. The SMILES string of the molecule is CCCCCCc1csc(-c2cc3cc(OCc4ccccc4Cc4nn[nH]n4)ccc3o2)n1. The van der Waals surface area contributed by atoms with Crippen LogP contribution >= 0.6 is 11.3 Å². The Hall–Kier alpha value is -3.52. The van der Waals surface area contributed by atoms with Gasteiger partial charge in [0.05, 0.1) is 5.69 Å². The first-order valence-corrected chi connectivity index (χ1v) is 12.6. The number of nitrogens with zero attached hydrogens (tertiary/aromatic N) is 4. The van der Waals surface area contributed by atoms with Gasteiger partial charge in [0.1, 0.15) is 17.9 Å². The van der Waals surface area contributed by atoms with Crippen LogP contribution in [0.15, 0.2) is 58.3 Å². The molecular weight excluding hydrogens is 446 g/mol. The van der Waals surface area contributed by atoms with Gasteiger partial charge >= 0.3 is 0 Å². The van der Waals surface area contributed by atoms with Crippen LogP contribution in [0.4, 0.5) is 0 Å². The maximum Gasteiger partial charge on any atom is 0.178 e. The Morgan fingerprint density at radius 3 is 2.79 bits per heavy atom. The fourth-order valence-corrected chi connectivity index (χ4v) is 4.75. The summed E-state index contributed by atoms with van der Waals surface area (Å²) in [4.78, 5) is 4.79. The molecule has 5 aromatic rings. The maximum absolute atomic E-state index is 6.12. The lowest BCUT2D eigenvalue weighted by molar-refractivity contribution is 0.305. The lowest BCUT2D eigenvalue weighted by atomic mass is 10.1. The van der Waals surface area contributed by atoms with E-state index in [9.17, 15) is 0 Å². The van der Waals surface area contributed by atoms with Crippen LogP contribution in [-0.2, 0) is 19.4 Å². The average Bonchev–Trinajstić information content (AvgIpc) is 3.62. The molecule has 2 aromatic carbocycles. The molecule has 0 saturated carbocycles. The predicted octanol–water partition coefficient (Wildman–Crippen LogP) is 6.36. The third-order valence-electron chi connectivity index (χ3n) is 5.79. The van der Waals surface area contributed by atoms with Crippen LogP contribution in [0.25, 0.3) is 21.7 Å². The van der Waals surface area contributed by atoms with Crippen molar-refractivity contribution in [3.05, 3.63) is 76.6 Å². The first kappa shape index (κ1) is 22.3. The molecule has 0 bridgehead atoms.